The molecule has 5 rings (SSSR count). The Morgan fingerprint density at radius 2 is 1.74 bits per heavy atom. The molecule has 0 aliphatic carbocycles. The first kappa shape index (κ1) is 25.6. The van der Waals surface area contributed by atoms with Crippen LogP contribution < -0.4 is 4.74 Å². The van der Waals surface area contributed by atoms with Crippen LogP contribution in [-0.2, 0) is 11.4 Å². The van der Waals surface area contributed by atoms with E-state index < -0.39 is 5.92 Å². The fourth-order valence-electron chi connectivity index (χ4n) is 5.00. The lowest BCUT2D eigenvalue weighted by atomic mass is 9.89. The maximum atomic E-state index is 14.3. The smallest absolute Gasteiger partial charge is 0.234 e. The number of hydrogen-bond acceptors (Lipinski definition) is 7. The number of benzene rings is 3. The van der Waals surface area contributed by atoms with Gasteiger partial charge in [0.1, 0.15) is 5.75 Å². The van der Waals surface area contributed by atoms with Gasteiger partial charge in [0.2, 0.25) is 11.7 Å². The zero-order valence-electron chi connectivity index (χ0n) is 21.4. The number of aromatic amines is 1. The normalized spacial score (nSPS) is 16.4. The molecule has 0 saturated carbocycles. The minimum Gasteiger partial charge on any atom is -0.485 e. The van der Waals surface area contributed by atoms with Gasteiger partial charge in [0, 0.05) is 26.7 Å². The lowest BCUT2D eigenvalue weighted by Gasteiger charge is -2.34. The molecule has 4 aromatic rings. The van der Waals surface area contributed by atoms with Crippen LogP contribution in [0.15, 0.2) is 84.9 Å². The quantitative estimate of drug-likeness (QED) is 0.336. The molecule has 2 heterocycles. The van der Waals surface area contributed by atoms with Gasteiger partial charge in [-0.25, -0.2) is 0 Å². The van der Waals surface area contributed by atoms with Gasteiger partial charge in [-0.2, -0.15) is 5.21 Å². The van der Waals surface area contributed by atoms with Gasteiger partial charge in [-0.1, -0.05) is 78.0 Å². The molecule has 1 aliphatic rings. The van der Waals surface area contributed by atoms with Gasteiger partial charge in [0.25, 0.3) is 0 Å². The molecule has 3 aromatic carbocycles. The summed E-state index contributed by atoms with van der Waals surface area (Å²) in [4.78, 5) is 18.3. The van der Waals surface area contributed by atoms with Crippen LogP contribution in [0, 0.1) is 0 Å². The third kappa shape index (κ3) is 6.07. The summed E-state index contributed by atoms with van der Waals surface area (Å²) in [7, 11) is 1.87. The van der Waals surface area contributed by atoms with E-state index in [0.29, 0.717) is 24.7 Å². The number of carbonyl (C=O) groups excluding carboxylic acids is 1. The number of ether oxygens (including phenoxy) is 1. The van der Waals surface area contributed by atoms with E-state index in [0.717, 1.165) is 29.7 Å². The van der Waals surface area contributed by atoms with Crippen molar-refractivity contribution in [2.75, 3.05) is 26.7 Å². The summed E-state index contributed by atoms with van der Waals surface area (Å²) in [5.74, 6) is 0.679. The largest absolute Gasteiger partial charge is 0.485 e. The van der Waals surface area contributed by atoms with Crippen LogP contribution in [0.2, 0.25) is 0 Å². The summed E-state index contributed by atoms with van der Waals surface area (Å²) in [5.41, 5.74) is 2.85. The molecule has 2 atom stereocenters. The number of carbonyl (C=O) groups is 1. The maximum Gasteiger partial charge on any atom is 0.234 e. The number of β-amino-alcohol motifs (C(OH)–C–C–N with tert-alkyl or cyclic N) is 1. The van der Waals surface area contributed by atoms with Gasteiger partial charge in [0.05, 0.1) is 18.1 Å². The summed E-state index contributed by atoms with van der Waals surface area (Å²) in [5, 5.41) is 24.0. The lowest BCUT2D eigenvalue weighted by molar-refractivity contribution is -0.133. The van der Waals surface area contributed by atoms with Crippen LogP contribution in [0.3, 0.4) is 0 Å². The van der Waals surface area contributed by atoms with Gasteiger partial charge < -0.3 is 14.7 Å². The molecule has 38 heavy (non-hydrogen) atoms. The SMILES string of the molecule is CN(C(=O)C(c1ccccc1)c1ccccc1)C(CN1CCC(O)C1)c1cccc(OCc2nn[nH]n2)c1. The molecule has 0 spiro atoms. The first-order chi connectivity index (χ1) is 18.6. The summed E-state index contributed by atoms with van der Waals surface area (Å²) in [6, 6.07) is 27.3. The summed E-state index contributed by atoms with van der Waals surface area (Å²) >= 11 is 0. The summed E-state index contributed by atoms with van der Waals surface area (Å²) in [6.45, 7) is 2.16. The number of nitrogens with one attached hydrogen (secondary N) is 1. The monoisotopic (exact) mass is 512 g/mol. The number of H-pyrrole nitrogens is 1. The predicted octanol–water partition coefficient (Wildman–Crippen LogP) is 3.18. The molecule has 1 aromatic heterocycles. The molecule has 2 N–H and O–H groups in total. The average Bonchev–Trinajstić information content (AvgIpc) is 3.63. The molecule has 1 fully saturated rings. The number of hydrogen-bond donors (Lipinski definition) is 2. The second kappa shape index (κ2) is 12.0. The fraction of sp³-hybridized carbons (Fsp3) is 0.310. The zero-order chi connectivity index (χ0) is 26.3. The van der Waals surface area contributed by atoms with Crippen molar-refractivity contribution in [3.05, 3.63) is 107 Å². The Morgan fingerprint density at radius 3 is 2.34 bits per heavy atom. The first-order valence-electron chi connectivity index (χ1n) is 12.8. The summed E-state index contributed by atoms with van der Waals surface area (Å²) in [6.07, 6.45) is 0.386. The van der Waals surface area contributed by atoms with E-state index in [1.807, 2.05) is 96.9 Å². The molecule has 1 amide bonds. The van der Waals surface area contributed by atoms with Crippen molar-refractivity contribution in [1.82, 2.24) is 30.4 Å². The molecular weight excluding hydrogens is 480 g/mol. The molecule has 0 radical (unpaired) electrons. The Bertz CT molecular complexity index is 1260. The van der Waals surface area contributed by atoms with Gasteiger partial charge in [-0.15, -0.1) is 10.2 Å². The van der Waals surface area contributed by atoms with Crippen LogP contribution in [0.4, 0.5) is 0 Å². The Balaban J connectivity index is 1.45. The zero-order valence-corrected chi connectivity index (χ0v) is 21.4. The average molecular weight is 513 g/mol. The van der Waals surface area contributed by atoms with Crippen LogP contribution >= 0.6 is 0 Å². The van der Waals surface area contributed by atoms with E-state index >= 15 is 0 Å². The van der Waals surface area contributed by atoms with Gasteiger partial charge in [-0.3, -0.25) is 9.69 Å². The van der Waals surface area contributed by atoms with Crippen molar-refractivity contribution in [2.45, 2.75) is 31.1 Å². The Morgan fingerprint density at radius 1 is 1.05 bits per heavy atom. The molecule has 196 valence electrons. The van der Waals surface area contributed by atoms with Crippen LogP contribution in [0.5, 0.6) is 5.75 Å². The second-order valence-corrected chi connectivity index (χ2v) is 9.61. The molecule has 2 unspecified atom stereocenters. The molecule has 9 heteroatoms. The molecule has 9 nitrogen and oxygen atoms in total. The highest BCUT2D eigenvalue weighted by Crippen LogP contribution is 2.32. The van der Waals surface area contributed by atoms with Crippen LogP contribution in [-0.4, -0.2) is 74.2 Å². The minimum atomic E-state index is -0.438. The topological polar surface area (TPSA) is 107 Å². The van der Waals surface area contributed by atoms with Crippen molar-refractivity contribution < 1.29 is 14.6 Å². The Hall–Kier alpha value is -4.08. The van der Waals surface area contributed by atoms with Crippen molar-refractivity contribution >= 4 is 5.91 Å². The number of amides is 1. The molecule has 1 aliphatic heterocycles. The fourth-order valence-corrected chi connectivity index (χ4v) is 5.00. The third-order valence-electron chi connectivity index (χ3n) is 7.01. The standard InChI is InChI=1S/C29H32N6O3/c1-34(29(37)28(21-9-4-2-5-10-21)22-11-6-3-7-12-22)26(19-35-16-15-24(36)18-35)23-13-8-14-25(17-23)38-20-27-30-32-33-31-27/h2-14,17,24,26,28,36H,15-16,18-20H2,1H3,(H,30,31,32,33). The van der Waals surface area contributed by atoms with Crippen LogP contribution in [0.25, 0.3) is 0 Å². The summed E-state index contributed by atoms with van der Waals surface area (Å²) < 4.78 is 5.91. The van der Waals surface area contributed by atoms with Crippen molar-refractivity contribution in [3.8, 4) is 5.75 Å². The Kier molecular flexibility index (Phi) is 8.06. The number of tetrazole rings is 1. The van der Waals surface area contributed by atoms with Gasteiger partial charge in [-0.05, 0) is 35.2 Å². The van der Waals surface area contributed by atoms with Gasteiger partial charge >= 0.3 is 0 Å². The number of aromatic nitrogens is 4. The highest BCUT2D eigenvalue weighted by atomic mass is 16.5. The minimum absolute atomic E-state index is 0.00487. The van der Waals surface area contributed by atoms with E-state index in [1.165, 1.54) is 0 Å². The lowest BCUT2D eigenvalue weighted by Crippen LogP contribution is -2.41. The number of rotatable bonds is 10. The Labute approximate surface area is 222 Å². The van der Waals surface area contributed by atoms with E-state index in [-0.39, 0.29) is 24.7 Å². The van der Waals surface area contributed by atoms with Crippen molar-refractivity contribution in [1.29, 1.82) is 0 Å². The van der Waals surface area contributed by atoms with E-state index in [4.69, 9.17) is 4.74 Å². The highest BCUT2D eigenvalue weighted by molar-refractivity contribution is 5.87. The number of aliphatic hydroxyl groups excluding tert-OH is 1. The van der Waals surface area contributed by atoms with Crippen LogP contribution in [0.1, 0.15) is 40.9 Å². The molecule has 0 bridgehead atoms. The number of aliphatic hydroxyl groups is 1. The third-order valence-corrected chi connectivity index (χ3v) is 7.01. The van der Waals surface area contributed by atoms with E-state index in [1.54, 1.807) is 0 Å². The van der Waals surface area contributed by atoms with E-state index in [2.05, 4.69) is 25.5 Å². The highest BCUT2D eigenvalue weighted by Gasteiger charge is 2.33. The molecule has 1 saturated heterocycles. The van der Waals surface area contributed by atoms with Crippen molar-refractivity contribution in [3.63, 3.8) is 0 Å². The maximum absolute atomic E-state index is 14.3. The molecular formula is C29H32N6O3. The predicted molar refractivity (Wildman–Crippen MR) is 142 cm³/mol. The van der Waals surface area contributed by atoms with Gasteiger partial charge in [0.15, 0.2) is 6.61 Å². The van der Waals surface area contributed by atoms with E-state index in [9.17, 15) is 9.90 Å². The number of nitrogens with zero attached hydrogens (tertiary/aromatic N) is 5. The second-order valence-electron chi connectivity index (χ2n) is 9.61. The van der Waals surface area contributed by atoms with Crippen molar-refractivity contribution in [2.24, 2.45) is 0 Å². The number of likely N-dealkylation sites (tertiary alicyclic amines) is 1. The number of likely N-dealkylation sites (N-methyl/N-ethyl adjacent to an activating group) is 1. The first-order valence-corrected chi connectivity index (χ1v) is 12.8.